The van der Waals surface area contributed by atoms with Gasteiger partial charge in [0, 0.05) is 17.7 Å². The lowest BCUT2D eigenvalue weighted by atomic mass is 10.1. The number of nitrogens with zero attached hydrogens (tertiary/aromatic N) is 1. The molecule has 0 aliphatic rings. The van der Waals surface area contributed by atoms with Gasteiger partial charge in [0.1, 0.15) is 30.5 Å². The Hall–Kier alpha value is -3.22. The van der Waals surface area contributed by atoms with Crippen LogP contribution in [0.2, 0.25) is 0 Å². The van der Waals surface area contributed by atoms with Crippen LogP contribution in [0.15, 0.2) is 24.0 Å². The lowest BCUT2D eigenvalue weighted by Crippen LogP contribution is -2.55. The average molecular weight is 640 g/mol. The highest BCUT2D eigenvalue weighted by molar-refractivity contribution is 8.73. The molecule has 2 unspecified atom stereocenters. The second-order valence-corrected chi connectivity index (χ2v) is 10.9. The number of aliphatic carboxylic acids is 1. The van der Waals surface area contributed by atoms with Gasteiger partial charge in [-0.05, 0) is 41.0 Å². The molecule has 4 N–H and O–H groups in total. The summed E-state index contributed by atoms with van der Waals surface area (Å²) >= 11 is 4.92. The third-order valence-electron chi connectivity index (χ3n) is 4.30. The van der Waals surface area contributed by atoms with Crippen LogP contribution in [0.5, 0.6) is 0 Å². The number of hydrogen-bond acceptors (Lipinski definition) is 15. The number of carbonyl (C=O) groups is 7. The van der Waals surface area contributed by atoms with E-state index in [-0.39, 0.29) is 23.3 Å². The molecule has 41 heavy (non-hydrogen) atoms. The minimum Gasteiger partial charge on any atom is -0.480 e. The number of esters is 1. The number of ether oxygens (including phenoxy) is 2. The zero-order chi connectivity index (χ0) is 31.9. The minimum absolute atomic E-state index is 0.144. The van der Waals surface area contributed by atoms with Gasteiger partial charge in [-0.3, -0.25) is 14.4 Å². The zero-order valence-corrected chi connectivity index (χ0v) is 25.5. The van der Waals surface area contributed by atoms with Crippen molar-refractivity contribution in [3.8, 4) is 0 Å². The average Bonchev–Trinajstić information content (AvgIpc) is 2.87. The Balaban J connectivity index is 5.22. The number of carbonyl (C=O) groups excluding carboxylic acids is 6. The monoisotopic (exact) mass is 639 g/mol. The van der Waals surface area contributed by atoms with Gasteiger partial charge in [-0.1, -0.05) is 6.58 Å². The van der Waals surface area contributed by atoms with E-state index < -0.39 is 72.4 Å². The van der Waals surface area contributed by atoms with E-state index >= 15 is 0 Å². The molecule has 0 saturated heterocycles. The molecule has 18 heteroatoms. The third kappa shape index (κ3) is 15.4. The van der Waals surface area contributed by atoms with Crippen molar-refractivity contribution >= 4 is 76.6 Å². The normalized spacial score (nSPS) is 12.7. The van der Waals surface area contributed by atoms with Gasteiger partial charge in [0.05, 0.1) is 5.57 Å². The molecule has 0 rings (SSSR count). The predicted octanol–water partition coefficient (Wildman–Crippen LogP) is 1.68. The molecule has 0 heterocycles. The number of hydrogen-bond donors (Lipinski definition) is 4. The van der Waals surface area contributed by atoms with Crippen LogP contribution in [0.3, 0.4) is 0 Å². The van der Waals surface area contributed by atoms with E-state index in [1.165, 1.54) is 34.6 Å². The van der Waals surface area contributed by atoms with E-state index in [0.717, 1.165) is 6.26 Å². The van der Waals surface area contributed by atoms with Crippen molar-refractivity contribution in [3.05, 3.63) is 24.0 Å². The van der Waals surface area contributed by atoms with E-state index in [1.54, 1.807) is 0 Å². The van der Waals surface area contributed by atoms with Gasteiger partial charge in [-0.2, -0.15) is 12.6 Å². The van der Waals surface area contributed by atoms with Gasteiger partial charge in [0.2, 0.25) is 11.8 Å². The van der Waals surface area contributed by atoms with Gasteiger partial charge in [-0.25, -0.2) is 24.1 Å². The van der Waals surface area contributed by atoms with Crippen LogP contribution in [0.4, 0.5) is 4.79 Å². The van der Waals surface area contributed by atoms with Crippen LogP contribution in [-0.4, -0.2) is 81.8 Å². The Morgan fingerprint density at radius 1 is 1.07 bits per heavy atom. The largest absolute Gasteiger partial charge is 0.480 e. The molecule has 0 fully saturated rings. The number of carboxylic acid groups (broad SMARTS) is 1. The molecular formula is C23H33N3O12S3. The fourth-order valence-corrected chi connectivity index (χ4v) is 3.62. The first-order chi connectivity index (χ1) is 18.9. The van der Waals surface area contributed by atoms with Crippen LogP contribution >= 0.6 is 34.8 Å². The first kappa shape index (κ1) is 37.8. The molecule has 0 aliphatic heterocycles. The molecule has 230 valence electrons. The maximum Gasteiger partial charge on any atom is 0.417 e. The van der Waals surface area contributed by atoms with Gasteiger partial charge >= 0.3 is 30.0 Å². The van der Waals surface area contributed by atoms with Crippen LogP contribution in [0.1, 0.15) is 47.5 Å². The third-order valence-corrected chi connectivity index (χ3v) is 5.72. The second kappa shape index (κ2) is 18.3. The number of carboxylic acids is 1. The van der Waals surface area contributed by atoms with Crippen molar-refractivity contribution in [2.45, 2.75) is 65.1 Å². The van der Waals surface area contributed by atoms with E-state index in [2.05, 4.69) is 28.7 Å². The van der Waals surface area contributed by atoms with E-state index in [9.17, 15) is 33.6 Å². The molecule has 0 radical (unpaired) electrons. The van der Waals surface area contributed by atoms with Crippen LogP contribution in [-0.2, 0) is 46.6 Å². The predicted molar refractivity (Wildman–Crippen MR) is 151 cm³/mol. The summed E-state index contributed by atoms with van der Waals surface area (Å²) in [7, 11) is 0. The molecule has 2 atom stereocenters. The molecule has 0 aliphatic carbocycles. The van der Waals surface area contributed by atoms with Crippen LogP contribution in [0, 0.1) is 0 Å². The lowest BCUT2D eigenvalue weighted by Gasteiger charge is -2.30. The summed E-state index contributed by atoms with van der Waals surface area (Å²) < 4.78 is 19.5. The summed E-state index contributed by atoms with van der Waals surface area (Å²) in [6.45, 7) is 9.90. The van der Waals surface area contributed by atoms with Gasteiger partial charge in [0.15, 0.2) is 22.1 Å². The molecule has 0 aromatic rings. The number of rotatable bonds is 15. The molecular weight excluding hydrogens is 606 g/mol. The summed E-state index contributed by atoms with van der Waals surface area (Å²) in [5, 5.41) is 10.9. The summed E-state index contributed by atoms with van der Waals surface area (Å²) in [5.74, 6) is -6.29. The summed E-state index contributed by atoms with van der Waals surface area (Å²) in [5.41, 5.74) is 4.72. The molecule has 0 aromatic heterocycles. The molecule has 0 aromatic carbocycles. The Morgan fingerprint density at radius 2 is 1.63 bits per heavy atom. The van der Waals surface area contributed by atoms with Crippen molar-refractivity contribution in [3.63, 3.8) is 0 Å². The fraction of sp³-hybridized carbons (Fsp3) is 0.522. The number of nitrogens with one attached hydrogen (secondary N) is 1. The van der Waals surface area contributed by atoms with Gasteiger partial charge in [-0.15, -0.1) is 0 Å². The van der Waals surface area contributed by atoms with Crippen LogP contribution < -0.4 is 11.1 Å². The Bertz CT molecular complexity index is 1060. The van der Waals surface area contributed by atoms with E-state index in [1.807, 2.05) is 0 Å². The summed E-state index contributed by atoms with van der Waals surface area (Å²) in [6.07, 6.45) is -1.28. The smallest absolute Gasteiger partial charge is 0.417 e. The second-order valence-electron chi connectivity index (χ2n) is 9.09. The first-order valence-electron chi connectivity index (χ1n) is 11.6. The van der Waals surface area contributed by atoms with Crippen LogP contribution in [0.25, 0.3) is 0 Å². The van der Waals surface area contributed by atoms with E-state index in [4.69, 9.17) is 24.5 Å². The minimum atomic E-state index is -1.53. The molecule has 0 saturated carbocycles. The van der Waals surface area contributed by atoms with Crippen molar-refractivity contribution in [2.75, 3.05) is 12.3 Å². The topological polar surface area (TPSA) is 218 Å². The lowest BCUT2D eigenvalue weighted by molar-refractivity contribution is -0.141. The first-order valence-corrected chi connectivity index (χ1v) is 14.2. The Morgan fingerprint density at radius 3 is 2.12 bits per heavy atom. The highest BCUT2D eigenvalue weighted by Crippen LogP contribution is 2.25. The number of imide groups is 1. The number of amides is 3. The van der Waals surface area contributed by atoms with Crippen molar-refractivity contribution in [1.29, 1.82) is 0 Å². The fourth-order valence-electron chi connectivity index (χ4n) is 2.30. The van der Waals surface area contributed by atoms with Gasteiger partial charge < -0.3 is 34.0 Å². The highest BCUT2D eigenvalue weighted by Gasteiger charge is 2.37. The van der Waals surface area contributed by atoms with Gasteiger partial charge in [0.25, 0.3) is 0 Å². The maximum atomic E-state index is 13.0. The summed E-state index contributed by atoms with van der Waals surface area (Å²) in [6, 6.07) is -2.92. The molecule has 3 amide bonds. The molecule has 0 spiro atoms. The Kier molecular flexibility index (Phi) is 16.8. The van der Waals surface area contributed by atoms with Crippen molar-refractivity contribution in [2.24, 2.45) is 5.73 Å². The standard InChI is InChI=1S/C23H33N3O12S3/c1-12(2)19(31)37-40-41-38-20(32)13(3)10-35-21(33)14(24)7-8-16(27)26(22(34)36-23(4,5)6)15(11-39)18(30)25-9-17(28)29/h10,14-15,39H,1,7-9,11,24H2,2-6H3,(H,25,30)(H,28,29)/b13-10+. The quantitative estimate of drug-likeness (QED) is 0.0381. The van der Waals surface area contributed by atoms with Crippen molar-refractivity contribution < 1.29 is 56.5 Å². The summed E-state index contributed by atoms with van der Waals surface area (Å²) in [4.78, 5) is 84.9. The maximum absolute atomic E-state index is 13.0. The highest BCUT2D eigenvalue weighted by atomic mass is 33.1. The Labute approximate surface area is 250 Å². The molecule has 0 bridgehead atoms. The van der Waals surface area contributed by atoms with E-state index in [0.29, 0.717) is 27.0 Å². The number of nitrogens with two attached hydrogens (primary N) is 1. The number of thiol groups is 1. The van der Waals surface area contributed by atoms with Crippen molar-refractivity contribution in [1.82, 2.24) is 10.2 Å². The SMILES string of the molecule is C=C(C)C(=O)OSSOC(=O)/C(C)=C/OC(=O)C(N)CCC(=O)N(C(=O)OC(C)(C)C)C(CS)C(=O)NCC(=O)O. The zero-order valence-electron chi connectivity index (χ0n) is 23.0. The molecule has 15 nitrogen and oxygen atoms in total.